The topological polar surface area (TPSA) is 70.4 Å². The van der Waals surface area contributed by atoms with Crippen LogP contribution in [-0.4, -0.2) is 41.1 Å². The van der Waals surface area contributed by atoms with Crippen LogP contribution in [0.3, 0.4) is 0 Å². The number of ether oxygens (including phenoxy) is 1. The van der Waals surface area contributed by atoms with Crippen LogP contribution in [0.2, 0.25) is 0 Å². The van der Waals surface area contributed by atoms with E-state index in [-0.39, 0.29) is 24.3 Å². The van der Waals surface area contributed by atoms with Crippen molar-refractivity contribution in [3.8, 4) is 6.07 Å². The van der Waals surface area contributed by atoms with Crippen molar-refractivity contribution in [2.75, 3.05) is 13.7 Å². The van der Waals surface area contributed by atoms with Crippen molar-refractivity contribution in [2.24, 2.45) is 0 Å². The summed E-state index contributed by atoms with van der Waals surface area (Å²) in [5, 5.41) is 7.50. The highest BCUT2D eigenvalue weighted by Crippen LogP contribution is 2.32. The van der Waals surface area contributed by atoms with Gasteiger partial charge in [0.25, 0.3) is 0 Å². The largest absolute Gasteiger partial charge is 0.465 e. The Kier molecular flexibility index (Phi) is 3.97. The van der Waals surface area contributed by atoms with Crippen molar-refractivity contribution in [3.63, 3.8) is 0 Å². The first-order valence-electron chi connectivity index (χ1n) is 4.57. The third kappa shape index (κ3) is 2.42. The third-order valence-electron chi connectivity index (χ3n) is 2.06. The summed E-state index contributed by atoms with van der Waals surface area (Å²) in [6, 6.07) is 1.99. The van der Waals surface area contributed by atoms with Crippen molar-refractivity contribution in [1.82, 2.24) is 4.90 Å². The Morgan fingerprint density at radius 1 is 1.73 bits per heavy atom. The van der Waals surface area contributed by atoms with Crippen LogP contribution in [0.5, 0.6) is 0 Å². The minimum Gasteiger partial charge on any atom is -0.465 e. The van der Waals surface area contributed by atoms with Gasteiger partial charge in [0, 0.05) is 7.05 Å². The molecule has 0 aromatic rings. The van der Waals surface area contributed by atoms with Crippen LogP contribution < -0.4 is 0 Å². The molecule has 1 amide bonds. The Morgan fingerprint density at radius 2 is 2.40 bits per heavy atom. The van der Waals surface area contributed by atoms with E-state index in [1.165, 1.54) is 16.7 Å². The van der Waals surface area contributed by atoms with E-state index in [1.54, 1.807) is 14.0 Å². The predicted molar refractivity (Wildman–Crippen MR) is 54.8 cm³/mol. The zero-order chi connectivity index (χ0) is 11.4. The first-order valence-corrected chi connectivity index (χ1v) is 5.51. The van der Waals surface area contributed by atoms with E-state index in [0.29, 0.717) is 0 Å². The molecule has 2 atom stereocenters. The SMILES string of the molecule is CCOC(=O)C1SC(CC#N)N(C)C1=O. The van der Waals surface area contributed by atoms with Crippen LogP contribution >= 0.6 is 11.8 Å². The third-order valence-corrected chi connectivity index (χ3v) is 3.53. The van der Waals surface area contributed by atoms with Crippen LogP contribution in [0, 0.1) is 11.3 Å². The Labute approximate surface area is 92.4 Å². The second-order valence-corrected chi connectivity index (χ2v) is 4.32. The molecule has 82 valence electrons. The molecule has 0 N–H and O–H groups in total. The molecule has 1 rings (SSSR count). The number of hydrogen-bond donors (Lipinski definition) is 0. The first-order chi connectivity index (χ1) is 7.11. The van der Waals surface area contributed by atoms with Gasteiger partial charge in [-0.15, -0.1) is 11.8 Å². The first kappa shape index (κ1) is 11.9. The number of carbonyl (C=O) groups excluding carboxylic acids is 2. The van der Waals surface area contributed by atoms with Gasteiger partial charge in [0.2, 0.25) is 5.91 Å². The fourth-order valence-corrected chi connectivity index (χ4v) is 2.50. The fraction of sp³-hybridized carbons (Fsp3) is 0.667. The zero-order valence-corrected chi connectivity index (χ0v) is 9.41. The minimum absolute atomic E-state index is 0.225. The molecule has 1 saturated heterocycles. The lowest BCUT2D eigenvalue weighted by molar-refractivity contribution is -0.146. The van der Waals surface area contributed by atoms with Crippen molar-refractivity contribution in [1.29, 1.82) is 5.26 Å². The second kappa shape index (κ2) is 5.03. The van der Waals surface area contributed by atoms with Gasteiger partial charge in [-0.25, -0.2) is 0 Å². The van der Waals surface area contributed by atoms with Gasteiger partial charge in [-0.2, -0.15) is 5.26 Å². The number of carbonyl (C=O) groups is 2. The molecule has 0 radical (unpaired) electrons. The Morgan fingerprint density at radius 3 is 2.93 bits per heavy atom. The number of nitriles is 1. The summed E-state index contributed by atoms with van der Waals surface area (Å²) in [7, 11) is 1.59. The fourth-order valence-electron chi connectivity index (χ4n) is 1.27. The van der Waals surface area contributed by atoms with Crippen LogP contribution in [0.1, 0.15) is 13.3 Å². The van der Waals surface area contributed by atoms with Crippen molar-refractivity contribution >= 4 is 23.6 Å². The van der Waals surface area contributed by atoms with Gasteiger partial charge in [0.1, 0.15) is 0 Å². The zero-order valence-electron chi connectivity index (χ0n) is 8.60. The maximum atomic E-state index is 11.6. The molecular formula is C9H12N2O3S. The van der Waals surface area contributed by atoms with E-state index in [1.807, 2.05) is 6.07 Å². The van der Waals surface area contributed by atoms with E-state index in [2.05, 4.69) is 0 Å². The number of amides is 1. The van der Waals surface area contributed by atoms with E-state index < -0.39 is 11.2 Å². The molecular weight excluding hydrogens is 216 g/mol. The minimum atomic E-state index is -0.798. The van der Waals surface area contributed by atoms with E-state index >= 15 is 0 Å². The maximum absolute atomic E-state index is 11.6. The Balaban J connectivity index is 2.67. The molecule has 0 aromatic heterocycles. The number of thioether (sulfide) groups is 1. The Bertz CT molecular complexity index is 313. The summed E-state index contributed by atoms with van der Waals surface area (Å²) >= 11 is 1.18. The second-order valence-electron chi connectivity index (χ2n) is 3.03. The highest BCUT2D eigenvalue weighted by atomic mass is 32.2. The monoisotopic (exact) mass is 228 g/mol. The highest BCUT2D eigenvalue weighted by Gasteiger charge is 2.43. The summed E-state index contributed by atoms with van der Waals surface area (Å²) < 4.78 is 4.78. The van der Waals surface area contributed by atoms with Crippen molar-refractivity contribution in [2.45, 2.75) is 24.0 Å². The van der Waals surface area contributed by atoms with Gasteiger partial charge < -0.3 is 9.64 Å². The number of hydrogen-bond acceptors (Lipinski definition) is 5. The molecule has 0 aromatic carbocycles. The van der Waals surface area contributed by atoms with Crippen LogP contribution in [-0.2, 0) is 14.3 Å². The van der Waals surface area contributed by atoms with Crippen molar-refractivity contribution in [3.05, 3.63) is 0 Å². The quantitative estimate of drug-likeness (QED) is 0.515. The van der Waals surface area contributed by atoms with E-state index in [0.717, 1.165) is 0 Å². The van der Waals surface area contributed by atoms with Gasteiger partial charge in [-0.1, -0.05) is 0 Å². The number of rotatable bonds is 3. The molecule has 1 aliphatic rings. The van der Waals surface area contributed by atoms with Crippen molar-refractivity contribution < 1.29 is 14.3 Å². The van der Waals surface area contributed by atoms with Crippen LogP contribution in [0.4, 0.5) is 0 Å². The maximum Gasteiger partial charge on any atom is 0.328 e. The summed E-state index contributed by atoms with van der Waals surface area (Å²) in [6.45, 7) is 1.95. The molecule has 0 saturated carbocycles. The molecule has 2 unspecified atom stereocenters. The summed E-state index contributed by atoms with van der Waals surface area (Å²) in [5.74, 6) is -0.793. The summed E-state index contributed by atoms with van der Waals surface area (Å²) in [4.78, 5) is 24.4. The predicted octanol–water partition coefficient (Wildman–Crippen LogP) is 0.363. The Hall–Kier alpha value is -1.22. The summed E-state index contributed by atoms with van der Waals surface area (Å²) in [5.41, 5.74) is 0. The molecule has 0 aliphatic carbocycles. The van der Waals surface area contributed by atoms with Crippen LogP contribution in [0.15, 0.2) is 0 Å². The van der Waals surface area contributed by atoms with E-state index in [4.69, 9.17) is 10.00 Å². The molecule has 1 heterocycles. The molecule has 15 heavy (non-hydrogen) atoms. The normalized spacial score (nSPS) is 25.1. The molecule has 0 spiro atoms. The smallest absolute Gasteiger partial charge is 0.328 e. The molecule has 1 aliphatic heterocycles. The molecule has 1 fully saturated rings. The van der Waals surface area contributed by atoms with Gasteiger partial charge in [-0.05, 0) is 6.92 Å². The lowest BCUT2D eigenvalue weighted by Gasteiger charge is -2.14. The number of nitrogens with zero attached hydrogens (tertiary/aromatic N) is 2. The standard InChI is InChI=1S/C9H12N2O3S/c1-3-14-9(13)7-8(12)11(2)6(15-7)4-5-10/h6-7H,3-4H2,1-2H3. The van der Waals surface area contributed by atoms with Gasteiger partial charge in [-0.3, -0.25) is 9.59 Å². The number of esters is 1. The summed E-state index contributed by atoms with van der Waals surface area (Å²) in [6.07, 6.45) is 0.225. The molecule has 5 nitrogen and oxygen atoms in total. The average molecular weight is 228 g/mol. The van der Waals surface area contributed by atoms with E-state index in [9.17, 15) is 9.59 Å². The van der Waals surface area contributed by atoms with Gasteiger partial charge in [0.05, 0.1) is 24.5 Å². The van der Waals surface area contributed by atoms with Gasteiger partial charge >= 0.3 is 5.97 Å². The average Bonchev–Trinajstić information content (AvgIpc) is 2.47. The molecule has 0 bridgehead atoms. The highest BCUT2D eigenvalue weighted by molar-refractivity contribution is 8.02. The lowest BCUT2D eigenvalue weighted by Crippen LogP contribution is -2.34. The van der Waals surface area contributed by atoms with Gasteiger partial charge in [0.15, 0.2) is 5.25 Å². The molecule has 6 heteroatoms. The van der Waals surface area contributed by atoms with Crippen LogP contribution in [0.25, 0.3) is 0 Å². The lowest BCUT2D eigenvalue weighted by atomic mass is 10.3.